The molecule has 0 radical (unpaired) electrons. The van der Waals surface area contributed by atoms with Crippen molar-refractivity contribution < 1.29 is 19.2 Å². The number of methoxy groups -OCH3 is 1. The molecule has 0 aliphatic heterocycles. The third-order valence-corrected chi connectivity index (χ3v) is 3.55. The van der Waals surface area contributed by atoms with E-state index >= 15 is 0 Å². The molecule has 0 atom stereocenters. The van der Waals surface area contributed by atoms with Gasteiger partial charge in [-0.3, -0.25) is 14.9 Å². The Morgan fingerprint density at radius 3 is 2.62 bits per heavy atom. The summed E-state index contributed by atoms with van der Waals surface area (Å²) in [5, 5.41) is 16.7. The maximum Gasteiger partial charge on any atom is 0.292 e. The maximum absolute atomic E-state index is 12.2. The summed E-state index contributed by atoms with van der Waals surface area (Å²) >= 11 is 0. The number of benzene rings is 2. The van der Waals surface area contributed by atoms with Gasteiger partial charge in [-0.2, -0.15) is 0 Å². The lowest BCUT2D eigenvalue weighted by molar-refractivity contribution is -0.384. The second-order valence-corrected chi connectivity index (χ2v) is 5.26. The monoisotopic (exact) mass is 359 g/mol. The molecule has 2 rings (SSSR count). The lowest BCUT2D eigenvalue weighted by Gasteiger charge is -2.11. The summed E-state index contributed by atoms with van der Waals surface area (Å²) in [6.45, 7) is 3.02. The van der Waals surface area contributed by atoms with Crippen molar-refractivity contribution in [2.75, 3.05) is 32.1 Å². The Labute approximate surface area is 151 Å². The first kappa shape index (κ1) is 19.0. The zero-order chi connectivity index (χ0) is 18.9. The lowest BCUT2D eigenvalue weighted by atomic mass is 10.2. The topological polar surface area (TPSA) is 103 Å². The summed E-state index contributed by atoms with van der Waals surface area (Å²) < 4.78 is 10.6. The van der Waals surface area contributed by atoms with Crippen molar-refractivity contribution >= 4 is 17.3 Å². The van der Waals surface area contributed by atoms with Gasteiger partial charge in [0.2, 0.25) is 0 Å². The first-order valence-electron chi connectivity index (χ1n) is 8.13. The highest BCUT2D eigenvalue weighted by atomic mass is 16.6. The van der Waals surface area contributed by atoms with Gasteiger partial charge in [-0.1, -0.05) is 12.1 Å². The van der Waals surface area contributed by atoms with Gasteiger partial charge in [0.25, 0.3) is 11.6 Å². The molecule has 0 aliphatic rings. The minimum atomic E-state index is -0.451. The second-order valence-electron chi connectivity index (χ2n) is 5.26. The van der Waals surface area contributed by atoms with E-state index in [9.17, 15) is 14.9 Å². The van der Waals surface area contributed by atoms with Gasteiger partial charge in [0, 0.05) is 24.7 Å². The summed E-state index contributed by atoms with van der Waals surface area (Å²) in [7, 11) is 1.51. The van der Waals surface area contributed by atoms with Crippen LogP contribution in [-0.2, 0) is 0 Å². The summed E-state index contributed by atoms with van der Waals surface area (Å²) in [6.07, 6.45) is 0. The summed E-state index contributed by atoms with van der Waals surface area (Å²) in [4.78, 5) is 22.7. The third kappa shape index (κ3) is 4.85. The Morgan fingerprint density at radius 1 is 1.15 bits per heavy atom. The Hall–Kier alpha value is -3.29. The van der Waals surface area contributed by atoms with Crippen molar-refractivity contribution in [2.45, 2.75) is 6.92 Å². The van der Waals surface area contributed by atoms with Crippen LogP contribution in [0.25, 0.3) is 0 Å². The molecule has 2 aromatic carbocycles. The van der Waals surface area contributed by atoms with Crippen LogP contribution in [0, 0.1) is 10.1 Å². The fraction of sp³-hybridized carbons (Fsp3) is 0.278. The van der Waals surface area contributed by atoms with Gasteiger partial charge in [-0.25, -0.2) is 0 Å². The number of amides is 1. The molecule has 1 amide bonds. The quantitative estimate of drug-likeness (QED) is 0.405. The molecule has 8 heteroatoms. The molecule has 0 fully saturated rings. The SMILES string of the molecule is CCOc1ccc(C(=O)NCCNc2ccccc2[N+](=O)[O-])cc1OC. The first-order valence-corrected chi connectivity index (χ1v) is 8.13. The van der Waals surface area contributed by atoms with E-state index in [4.69, 9.17) is 9.47 Å². The molecule has 0 spiro atoms. The number of nitro groups is 1. The number of nitrogens with zero attached hydrogens (tertiary/aromatic N) is 1. The molecule has 0 aliphatic carbocycles. The largest absolute Gasteiger partial charge is 0.493 e. The third-order valence-electron chi connectivity index (χ3n) is 3.55. The molecular weight excluding hydrogens is 338 g/mol. The molecule has 0 bridgehead atoms. The van der Waals surface area contributed by atoms with Gasteiger partial charge >= 0.3 is 0 Å². The Balaban J connectivity index is 1.90. The summed E-state index contributed by atoms with van der Waals surface area (Å²) in [5.74, 6) is 0.790. The number of carbonyl (C=O) groups excluding carboxylic acids is 1. The molecule has 0 heterocycles. The smallest absolute Gasteiger partial charge is 0.292 e. The van der Waals surface area contributed by atoms with Gasteiger partial charge in [0.05, 0.1) is 18.6 Å². The first-order chi connectivity index (χ1) is 12.6. The number of ether oxygens (including phenoxy) is 2. The normalized spacial score (nSPS) is 10.1. The molecule has 8 nitrogen and oxygen atoms in total. The predicted molar refractivity (Wildman–Crippen MR) is 98.1 cm³/mol. The number of hydrogen-bond donors (Lipinski definition) is 2. The Kier molecular flexibility index (Phi) is 6.78. The number of carbonyl (C=O) groups is 1. The van der Waals surface area contributed by atoms with Crippen molar-refractivity contribution in [2.24, 2.45) is 0 Å². The van der Waals surface area contributed by atoms with Crippen LogP contribution in [0.5, 0.6) is 11.5 Å². The number of anilines is 1. The Bertz CT molecular complexity index is 779. The van der Waals surface area contributed by atoms with E-state index in [1.165, 1.54) is 13.2 Å². The molecule has 2 aromatic rings. The van der Waals surface area contributed by atoms with Crippen LogP contribution in [0.1, 0.15) is 17.3 Å². The van der Waals surface area contributed by atoms with Gasteiger partial charge in [-0.05, 0) is 31.2 Å². The van der Waals surface area contributed by atoms with Crippen molar-refractivity contribution in [3.8, 4) is 11.5 Å². The van der Waals surface area contributed by atoms with Crippen LogP contribution in [0.15, 0.2) is 42.5 Å². The number of nitrogens with one attached hydrogen (secondary N) is 2. The Morgan fingerprint density at radius 2 is 1.92 bits per heavy atom. The van der Waals surface area contributed by atoms with E-state index < -0.39 is 4.92 Å². The van der Waals surface area contributed by atoms with E-state index in [0.717, 1.165) is 0 Å². The molecule has 0 aromatic heterocycles. The molecular formula is C18H21N3O5. The molecule has 0 saturated carbocycles. The van der Waals surface area contributed by atoms with E-state index in [2.05, 4.69) is 10.6 Å². The van der Waals surface area contributed by atoms with Crippen LogP contribution in [0.3, 0.4) is 0 Å². The van der Waals surface area contributed by atoms with Gasteiger partial charge < -0.3 is 20.1 Å². The average Bonchev–Trinajstić information content (AvgIpc) is 2.65. The molecule has 2 N–H and O–H groups in total. The van der Waals surface area contributed by atoms with Crippen molar-refractivity contribution in [1.82, 2.24) is 5.32 Å². The number of nitro benzene ring substituents is 1. The van der Waals surface area contributed by atoms with E-state index in [1.807, 2.05) is 6.92 Å². The minimum absolute atomic E-state index is 0.00456. The van der Waals surface area contributed by atoms with Crippen LogP contribution in [0.4, 0.5) is 11.4 Å². The van der Waals surface area contributed by atoms with Crippen molar-refractivity contribution in [1.29, 1.82) is 0 Å². The predicted octanol–water partition coefficient (Wildman–Crippen LogP) is 2.84. The summed E-state index contributed by atoms with van der Waals surface area (Å²) in [6, 6.07) is 11.3. The number of rotatable bonds is 9. The molecule has 138 valence electrons. The lowest BCUT2D eigenvalue weighted by Crippen LogP contribution is -2.28. The second kappa shape index (κ2) is 9.26. The minimum Gasteiger partial charge on any atom is -0.493 e. The van der Waals surface area contributed by atoms with E-state index in [1.54, 1.807) is 36.4 Å². The van der Waals surface area contributed by atoms with E-state index in [-0.39, 0.29) is 11.6 Å². The van der Waals surface area contributed by atoms with Crippen LogP contribution < -0.4 is 20.1 Å². The van der Waals surface area contributed by atoms with Crippen LogP contribution >= 0.6 is 0 Å². The highest BCUT2D eigenvalue weighted by Crippen LogP contribution is 2.28. The summed E-state index contributed by atoms with van der Waals surface area (Å²) in [5.41, 5.74) is 0.848. The number of hydrogen-bond acceptors (Lipinski definition) is 6. The average molecular weight is 359 g/mol. The molecule has 0 unspecified atom stereocenters. The molecule has 0 saturated heterocycles. The van der Waals surface area contributed by atoms with Gasteiger partial charge in [-0.15, -0.1) is 0 Å². The van der Waals surface area contributed by atoms with Gasteiger partial charge in [0.1, 0.15) is 5.69 Å². The van der Waals surface area contributed by atoms with Gasteiger partial charge in [0.15, 0.2) is 11.5 Å². The fourth-order valence-corrected chi connectivity index (χ4v) is 2.34. The molecule has 26 heavy (non-hydrogen) atoms. The van der Waals surface area contributed by atoms with Crippen molar-refractivity contribution in [3.05, 3.63) is 58.1 Å². The number of para-hydroxylation sites is 2. The van der Waals surface area contributed by atoms with Crippen LogP contribution in [-0.4, -0.2) is 37.6 Å². The van der Waals surface area contributed by atoms with Crippen LogP contribution in [0.2, 0.25) is 0 Å². The highest BCUT2D eigenvalue weighted by molar-refractivity contribution is 5.94. The van der Waals surface area contributed by atoms with E-state index in [0.29, 0.717) is 42.4 Å². The van der Waals surface area contributed by atoms with Crippen molar-refractivity contribution in [3.63, 3.8) is 0 Å². The zero-order valence-electron chi connectivity index (χ0n) is 14.7. The zero-order valence-corrected chi connectivity index (χ0v) is 14.7. The maximum atomic E-state index is 12.2. The standard InChI is InChI=1S/C18H21N3O5/c1-3-26-16-9-8-13(12-17(16)25-2)18(22)20-11-10-19-14-6-4-5-7-15(14)21(23)24/h4-9,12,19H,3,10-11H2,1-2H3,(H,20,22). The fourth-order valence-electron chi connectivity index (χ4n) is 2.34. The highest BCUT2D eigenvalue weighted by Gasteiger charge is 2.13.